The molecule has 1 saturated heterocycles. The van der Waals surface area contributed by atoms with Crippen LogP contribution in [-0.4, -0.2) is 58.9 Å². The van der Waals surface area contributed by atoms with Crippen LogP contribution in [0.25, 0.3) is 10.9 Å². The molecular weight excluding hydrogens is 383 g/mol. The van der Waals surface area contributed by atoms with E-state index in [0.29, 0.717) is 24.9 Å². The van der Waals surface area contributed by atoms with E-state index in [1.54, 1.807) is 19.2 Å². The van der Waals surface area contributed by atoms with Crippen LogP contribution in [0.5, 0.6) is 0 Å². The minimum absolute atomic E-state index is 0.0792. The number of aliphatic hydroxyl groups excluding tert-OH is 1. The Kier molecular flexibility index (Phi) is 5.11. The van der Waals surface area contributed by atoms with Crippen molar-refractivity contribution in [3.63, 3.8) is 0 Å². The molecule has 1 aromatic heterocycles. The van der Waals surface area contributed by atoms with Gasteiger partial charge in [0.05, 0.1) is 12.5 Å². The summed E-state index contributed by atoms with van der Waals surface area (Å²) >= 11 is 0. The van der Waals surface area contributed by atoms with E-state index in [4.69, 9.17) is 0 Å². The van der Waals surface area contributed by atoms with Gasteiger partial charge in [0.15, 0.2) is 0 Å². The number of hydrogen-bond donors (Lipinski definition) is 2. The largest absolute Gasteiger partial charge is 0.406 e. The van der Waals surface area contributed by atoms with Crippen molar-refractivity contribution in [3.8, 4) is 0 Å². The number of hydrogen-bond acceptors (Lipinski definition) is 3. The van der Waals surface area contributed by atoms with Gasteiger partial charge in [0.25, 0.3) is 0 Å². The zero-order valence-electron chi connectivity index (χ0n) is 16.5. The summed E-state index contributed by atoms with van der Waals surface area (Å²) in [6.07, 6.45) is -1.29. The first-order valence-corrected chi connectivity index (χ1v) is 9.96. The van der Waals surface area contributed by atoms with Crippen LogP contribution in [-0.2, 0) is 17.8 Å². The number of amides is 1. The first-order valence-electron chi connectivity index (χ1n) is 9.96. The number of nitrogens with one attached hydrogen (secondary N) is 1. The van der Waals surface area contributed by atoms with E-state index in [1.165, 1.54) is 4.57 Å². The van der Waals surface area contributed by atoms with Crippen molar-refractivity contribution < 1.29 is 23.1 Å². The maximum Gasteiger partial charge on any atom is 0.406 e. The lowest BCUT2D eigenvalue weighted by Gasteiger charge is -2.45. The number of aromatic nitrogens is 1. The molecule has 0 radical (unpaired) electrons. The molecule has 1 aromatic carbocycles. The number of aliphatic hydroxyl groups is 1. The van der Waals surface area contributed by atoms with Crippen LogP contribution in [0.15, 0.2) is 24.4 Å². The van der Waals surface area contributed by atoms with Gasteiger partial charge in [-0.1, -0.05) is 12.1 Å². The first-order chi connectivity index (χ1) is 13.7. The van der Waals surface area contributed by atoms with Crippen LogP contribution < -0.4 is 5.32 Å². The number of benzene rings is 1. The molecule has 4 rings (SSSR count). The van der Waals surface area contributed by atoms with Crippen LogP contribution in [0.2, 0.25) is 0 Å². The van der Waals surface area contributed by atoms with Gasteiger partial charge >= 0.3 is 6.18 Å². The van der Waals surface area contributed by atoms with Crippen molar-refractivity contribution in [2.75, 3.05) is 20.2 Å². The Morgan fingerprint density at radius 2 is 2.14 bits per heavy atom. The molecule has 1 aliphatic carbocycles. The van der Waals surface area contributed by atoms with Crippen molar-refractivity contribution in [1.82, 2.24) is 14.8 Å². The van der Waals surface area contributed by atoms with E-state index in [2.05, 4.69) is 10.2 Å². The Morgan fingerprint density at radius 1 is 1.38 bits per heavy atom. The third-order valence-electron chi connectivity index (χ3n) is 6.31. The Labute approximate surface area is 167 Å². The lowest BCUT2D eigenvalue weighted by Crippen LogP contribution is -2.52. The number of rotatable bonds is 4. The number of halogens is 3. The van der Waals surface area contributed by atoms with Crippen molar-refractivity contribution in [1.29, 1.82) is 0 Å². The minimum atomic E-state index is -4.27. The fraction of sp³-hybridized carbons (Fsp3) is 0.571. The van der Waals surface area contributed by atoms with Gasteiger partial charge < -0.3 is 19.9 Å². The molecule has 4 atom stereocenters. The fourth-order valence-corrected chi connectivity index (χ4v) is 5.04. The van der Waals surface area contributed by atoms with E-state index < -0.39 is 12.7 Å². The summed E-state index contributed by atoms with van der Waals surface area (Å²) in [7, 11) is 1.98. The summed E-state index contributed by atoms with van der Waals surface area (Å²) in [6.45, 7) is 1.24. The lowest BCUT2D eigenvalue weighted by molar-refractivity contribution is -0.139. The SMILES string of the molecule is CC(CO)NC(=O)C1CC2c3cccc4c3c(cn4CC(F)(F)F)CC2N(C)C1. The number of carbonyl (C=O) groups is 1. The zero-order chi connectivity index (χ0) is 20.9. The number of nitrogens with zero attached hydrogens (tertiary/aromatic N) is 2. The molecule has 0 saturated carbocycles. The average molecular weight is 409 g/mol. The molecule has 158 valence electrons. The van der Waals surface area contributed by atoms with Crippen molar-refractivity contribution >= 4 is 16.8 Å². The smallest absolute Gasteiger partial charge is 0.394 e. The molecule has 2 aliphatic rings. The molecule has 8 heteroatoms. The van der Waals surface area contributed by atoms with Crippen LogP contribution in [0.4, 0.5) is 13.2 Å². The Bertz CT molecular complexity index is 924. The third kappa shape index (κ3) is 3.75. The van der Waals surface area contributed by atoms with Gasteiger partial charge in [0.1, 0.15) is 6.54 Å². The van der Waals surface area contributed by atoms with Crippen molar-refractivity contribution in [2.24, 2.45) is 5.92 Å². The number of likely N-dealkylation sites (N-methyl/N-ethyl adjacent to an activating group) is 1. The van der Waals surface area contributed by atoms with Crippen LogP contribution in [0, 0.1) is 5.92 Å². The summed E-state index contributed by atoms with van der Waals surface area (Å²) in [5, 5.41) is 13.0. The number of alkyl halides is 3. The summed E-state index contributed by atoms with van der Waals surface area (Å²) < 4.78 is 40.4. The van der Waals surface area contributed by atoms with Gasteiger partial charge in [0, 0.05) is 41.6 Å². The highest BCUT2D eigenvalue weighted by Crippen LogP contribution is 2.45. The molecular formula is C21H26F3N3O2. The second-order valence-electron chi connectivity index (χ2n) is 8.48. The summed E-state index contributed by atoms with van der Waals surface area (Å²) in [5.41, 5.74) is 2.59. The maximum atomic E-state index is 13.0. The normalized spacial score (nSPS) is 25.7. The molecule has 2 heterocycles. The van der Waals surface area contributed by atoms with Gasteiger partial charge in [-0.3, -0.25) is 4.79 Å². The highest BCUT2D eigenvalue weighted by atomic mass is 19.4. The van der Waals surface area contributed by atoms with Gasteiger partial charge in [-0.2, -0.15) is 13.2 Å². The number of piperidine rings is 1. The molecule has 1 aliphatic heterocycles. The monoisotopic (exact) mass is 409 g/mol. The van der Waals surface area contributed by atoms with E-state index in [1.807, 2.05) is 19.2 Å². The van der Waals surface area contributed by atoms with E-state index in [0.717, 1.165) is 16.5 Å². The van der Waals surface area contributed by atoms with E-state index in [-0.39, 0.29) is 36.4 Å². The average Bonchev–Trinajstić information content (AvgIpc) is 2.99. The predicted octanol–water partition coefficient (Wildman–Crippen LogP) is 2.66. The molecule has 0 spiro atoms. The van der Waals surface area contributed by atoms with Crippen molar-refractivity contribution in [2.45, 2.75) is 50.5 Å². The Hall–Kier alpha value is -2.06. The summed E-state index contributed by atoms with van der Waals surface area (Å²) in [5.74, 6) is -0.208. The molecule has 4 unspecified atom stereocenters. The van der Waals surface area contributed by atoms with Crippen molar-refractivity contribution in [3.05, 3.63) is 35.5 Å². The number of fused-ring (bicyclic) bond motifs is 2. The lowest BCUT2D eigenvalue weighted by atomic mass is 9.72. The number of likely N-dealkylation sites (tertiary alicyclic amines) is 1. The van der Waals surface area contributed by atoms with Crippen LogP contribution in [0.3, 0.4) is 0 Å². The third-order valence-corrected chi connectivity index (χ3v) is 6.31. The highest BCUT2D eigenvalue weighted by molar-refractivity contribution is 5.89. The Balaban J connectivity index is 1.68. The van der Waals surface area contributed by atoms with Crippen LogP contribution >= 0.6 is 0 Å². The van der Waals surface area contributed by atoms with Crippen LogP contribution in [0.1, 0.15) is 30.4 Å². The van der Waals surface area contributed by atoms with E-state index in [9.17, 15) is 23.1 Å². The molecule has 0 bridgehead atoms. The van der Waals surface area contributed by atoms with E-state index >= 15 is 0 Å². The molecule has 2 N–H and O–H groups in total. The Morgan fingerprint density at radius 3 is 2.83 bits per heavy atom. The molecule has 2 aromatic rings. The second-order valence-corrected chi connectivity index (χ2v) is 8.48. The second kappa shape index (κ2) is 7.32. The van der Waals surface area contributed by atoms with Gasteiger partial charge in [0.2, 0.25) is 5.91 Å². The quantitative estimate of drug-likeness (QED) is 0.817. The predicted molar refractivity (Wildman–Crippen MR) is 104 cm³/mol. The standard InChI is InChI=1S/C21H26F3N3O2/c1-12(10-28)25-20(29)14-6-16-15-4-3-5-17-19(15)13(7-18(16)26(2)8-14)9-27(17)11-21(22,23)24/h3-5,9,12,14,16,18,28H,6-8,10-11H2,1-2H3,(H,25,29). The van der Waals surface area contributed by atoms with Gasteiger partial charge in [-0.15, -0.1) is 0 Å². The zero-order valence-corrected chi connectivity index (χ0v) is 16.5. The molecule has 1 fully saturated rings. The maximum absolute atomic E-state index is 13.0. The number of carbonyl (C=O) groups excluding carboxylic acids is 1. The first kappa shape index (κ1) is 20.2. The van der Waals surface area contributed by atoms with Gasteiger partial charge in [-0.05, 0) is 44.0 Å². The molecule has 29 heavy (non-hydrogen) atoms. The topological polar surface area (TPSA) is 57.5 Å². The van der Waals surface area contributed by atoms with Gasteiger partial charge in [-0.25, -0.2) is 0 Å². The minimum Gasteiger partial charge on any atom is -0.394 e. The fourth-order valence-electron chi connectivity index (χ4n) is 5.04. The molecule has 5 nitrogen and oxygen atoms in total. The highest BCUT2D eigenvalue weighted by Gasteiger charge is 2.42. The molecule has 1 amide bonds. The summed E-state index contributed by atoms with van der Waals surface area (Å²) in [6, 6.07) is 5.41. The summed E-state index contributed by atoms with van der Waals surface area (Å²) in [4.78, 5) is 14.8.